The van der Waals surface area contributed by atoms with E-state index in [1.165, 1.54) is 51.4 Å². The van der Waals surface area contributed by atoms with Crippen molar-refractivity contribution in [2.75, 3.05) is 0 Å². The first-order valence-corrected chi connectivity index (χ1v) is 12.5. The van der Waals surface area contributed by atoms with Gasteiger partial charge in [-0.2, -0.15) is 0 Å². The van der Waals surface area contributed by atoms with Crippen molar-refractivity contribution >= 4 is 5.97 Å². The number of hydrogen-bond acceptors (Lipinski definition) is 3. The van der Waals surface area contributed by atoms with E-state index in [9.17, 15) is 4.79 Å². The quantitative estimate of drug-likeness (QED) is 0.206. The topological polar surface area (TPSA) is 35.5 Å². The van der Waals surface area contributed by atoms with Gasteiger partial charge in [-0.1, -0.05) is 70.9 Å². The monoisotopic (exact) mass is 406 g/mol. The molecule has 0 N–H and O–H groups in total. The molecule has 1 heterocycles. The number of ether oxygens (including phenoxy) is 2. The Morgan fingerprint density at radius 1 is 1.10 bits per heavy atom. The molecule has 1 aliphatic carbocycles. The molecule has 3 heteroatoms. The summed E-state index contributed by atoms with van der Waals surface area (Å²) in [7, 11) is 0. The van der Waals surface area contributed by atoms with Crippen molar-refractivity contribution in [1.82, 2.24) is 0 Å². The molecule has 1 fully saturated rings. The van der Waals surface area contributed by atoms with Crippen molar-refractivity contribution in [3.63, 3.8) is 0 Å². The van der Waals surface area contributed by atoms with E-state index in [0.717, 1.165) is 31.6 Å². The first-order chi connectivity index (χ1) is 14.0. The van der Waals surface area contributed by atoms with E-state index in [1.807, 2.05) is 0 Å². The minimum absolute atomic E-state index is 0.0142. The second-order valence-corrected chi connectivity index (χ2v) is 9.80. The van der Waals surface area contributed by atoms with Crippen LogP contribution in [0, 0.1) is 17.8 Å². The maximum Gasteiger partial charge on any atom is 0.306 e. The third-order valence-corrected chi connectivity index (χ3v) is 6.82. The second kappa shape index (κ2) is 13.5. The third-order valence-electron chi connectivity index (χ3n) is 6.82. The van der Waals surface area contributed by atoms with Gasteiger partial charge in [0.1, 0.15) is 6.10 Å². The number of carbonyl (C=O) groups excluding carboxylic acids is 1. The van der Waals surface area contributed by atoms with E-state index in [-0.39, 0.29) is 24.3 Å². The van der Waals surface area contributed by atoms with Crippen LogP contribution < -0.4 is 0 Å². The van der Waals surface area contributed by atoms with Crippen LogP contribution in [0.15, 0.2) is 12.2 Å². The van der Waals surface area contributed by atoms with Gasteiger partial charge < -0.3 is 9.47 Å². The van der Waals surface area contributed by atoms with Gasteiger partial charge >= 0.3 is 5.97 Å². The SMILES string of the molecule is CCCCCCC[C@H](C)CC[C@@H]1C2C/C=C\CCCC(=O)OC2C[C@H]1OC(C)C. The molecule has 1 aliphatic heterocycles. The van der Waals surface area contributed by atoms with Crippen LogP contribution in [0.3, 0.4) is 0 Å². The highest BCUT2D eigenvalue weighted by Crippen LogP contribution is 2.43. The molecule has 0 aromatic carbocycles. The largest absolute Gasteiger partial charge is 0.462 e. The molecular formula is C26H46O3. The predicted octanol–water partition coefficient (Wildman–Crippen LogP) is 7.23. The summed E-state index contributed by atoms with van der Waals surface area (Å²) in [4.78, 5) is 12.3. The molecule has 0 radical (unpaired) electrons. The Labute approximate surface area is 180 Å². The van der Waals surface area contributed by atoms with Gasteiger partial charge in [-0.25, -0.2) is 0 Å². The molecule has 29 heavy (non-hydrogen) atoms. The fourth-order valence-corrected chi connectivity index (χ4v) is 5.18. The van der Waals surface area contributed by atoms with Gasteiger partial charge in [0.15, 0.2) is 0 Å². The average Bonchev–Trinajstić information content (AvgIpc) is 2.98. The fourth-order valence-electron chi connectivity index (χ4n) is 5.18. The predicted molar refractivity (Wildman–Crippen MR) is 121 cm³/mol. The fraction of sp³-hybridized carbons (Fsp3) is 0.885. The molecule has 2 aliphatic rings. The van der Waals surface area contributed by atoms with E-state index in [2.05, 4.69) is 39.8 Å². The Morgan fingerprint density at radius 2 is 1.90 bits per heavy atom. The molecule has 3 nitrogen and oxygen atoms in total. The summed E-state index contributed by atoms with van der Waals surface area (Å²) in [5, 5.41) is 0. The van der Waals surface area contributed by atoms with Crippen LogP contribution in [0.1, 0.15) is 111 Å². The molecule has 0 saturated heterocycles. The summed E-state index contributed by atoms with van der Waals surface area (Å²) >= 11 is 0. The number of fused-ring (bicyclic) bond motifs is 1. The van der Waals surface area contributed by atoms with Crippen LogP contribution >= 0.6 is 0 Å². The van der Waals surface area contributed by atoms with Crippen LogP contribution in [0.5, 0.6) is 0 Å². The van der Waals surface area contributed by atoms with Crippen molar-refractivity contribution in [2.24, 2.45) is 17.8 Å². The van der Waals surface area contributed by atoms with Crippen LogP contribution in [-0.4, -0.2) is 24.3 Å². The Kier molecular flexibility index (Phi) is 11.4. The standard InChI is InChI=1S/C26H46O3/c1-5-6-7-8-11-14-21(4)17-18-23-22-15-12-9-10-13-16-26(27)29-25(22)19-24(23)28-20(2)3/h9,12,20-25H,5-8,10-11,13-19H2,1-4H3/b12-9-/t21-,22?,23+,24+,25?/m0/s1. The average molecular weight is 407 g/mol. The van der Waals surface area contributed by atoms with Crippen LogP contribution in [0.4, 0.5) is 0 Å². The van der Waals surface area contributed by atoms with Gasteiger partial charge in [-0.3, -0.25) is 4.79 Å². The van der Waals surface area contributed by atoms with Crippen LogP contribution in [0.25, 0.3) is 0 Å². The molecule has 2 unspecified atom stereocenters. The van der Waals surface area contributed by atoms with Crippen molar-refractivity contribution in [2.45, 2.75) is 129 Å². The van der Waals surface area contributed by atoms with Gasteiger partial charge in [0.2, 0.25) is 0 Å². The lowest BCUT2D eigenvalue weighted by Gasteiger charge is -2.28. The molecule has 0 aromatic rings. The van der Waals surface area contributed by atoms with E-state index < -0.39 is 0 Å². The number of allylic oxidation sites excluding steroid dienone is 2. The van der Waals surface area contributed by atoms with Gasteiger partial charge in [-0.15, -0.1) is 0 Å². The maximum absolute atomic E-state index is 12.3. The molecule has 0 amide bonds. The Hall–Kier alpha value is -0.830. The van der Waals surface area contributed by atoms with Crippen molar-refractivity contribution in [3.8, 4) is 0 Å². The van der Waals surface area contributed by atoms with Gasteiger partial charge in [-0.05, 0) is 51.4 Å². The number of unbranched alkanes of at least 4 members (excludes halogenated alkanes) is 4. The maximum atomic E-state index is 12.3. The zero-order valence-corrected chi connectivity index (χ0v) is 19.5. The van der Waals surface area contributed by atoms with Crippen molar-refractivity contribution in [3.05, 3.63) is 12.2 Å². The first kappa shape index (κ1) is 24.4. The lowest BCUT2D eigenvalue weighted by molar-refractivity contribution is -0.151. The van der Waals surface area contributed by atoms with Crippen LogP contribution in [0.2, 0.25) is 0 Å². The molecule has 5 atom stereocenters. The highest BCUT2D eigenvalue weighted by atomic mass is 16.5. The van der Waals surface area contributed by atoms with E-state index in [1.54, 1.807) is 0 Å². The number of hydrogen-bond donors (Lipinski definition) is 0. The van der Waals surface area contributed by atoms with E-state index in [4.69, 9.17) is 9.47 Å². The summed E-state index contributed by atoms with van der Waals surface area (Å²) in [6, 6.07) is 0. The summed E-state index contributed by atoms with van der Waals surface area (Å²) in [5.74, 6) is 1.67. The Balaban J connectivity index is 1.94. The highest BCUT2D eigenvalue weighted by Gasteiger charge is 2.45. The lowest BCUT2D eigenvalue weighted by atomic mass is 9.84. The minimum Gasteiger partial charge on any atom is -0.462 e. The minimum atomic E-state index is -0.0142. The smallest absolute Gasteiger partial charge is 0.306 e. The second-order valence-electron chi connectivity index (χ2n) is 9.80. The molecule has 168 valence electrons. The van der Waals surface area contributed by atoms with Gasteiger partial charge in [0.25, 0.3) is 0 Å². The van der Waals surface area contributed by atoms with Crippen molar-refractivity contribution in [1.29, 1.82) is 0 Å². The lowest BCUT2D eigenvalue weighted by Crippen LogP contribution is -2.27. The van der Waals surface area contributed by atoms with E-state index >= 15 is 0 Å². The van der Waals surface area contributed by atoms with Gasteiger partial charge in [0, 0.05) is 18.8 Å². The number of carbonyl (C=O) groups is 1. The zero-order chi connectivity index (χ0) is 21.1. The molecule has 0 bridgehead atoms. The molecule has 1 saturated carbocycles. The number of rotatable bonds is 11. The number of esters is 1. The third kappa shape index (κ3) is 8.82. The van der Waals surface area contributed by atoms with Crippen LogP contribution in [-0.2, 0) is 14.3 Å². The van der Waals surface area contributed by atoms with Gasteiger partial charge in [0.05, 0.1) is 12.2 Å². The molecule has 2 rings (SSSR count). The Bertz CT molecular complexity index is 484. The first-order valence-electron chi connectivity index (χ1n) is 12.5. The Morgan fingerprint density at radius 3 is 2.66 bits per heavy atom. The summed E-state index contributed by atoms with van der Waals surface area (Å²) < 4.78 is 12.3. The molecular weight excluding hydrogens is 360 g/mol. The zero-order valence-electron chi connectivity index (χ0n) is 19.5. The highest BCUT2D eigenvalue weighted by molar-refractivity contribution is 5.69. The van der Waals surface area contributed by atoms with E-state index in [0.29, 0.717) is 18.3 Å². The normalized spacial score (nSPS) is 30.0. The summed E-state index contributed by atoms with van der Waals surface area (Å²) in [6.07, 6.45) is 20.0. The summed E-state index contributed by atoms with van der Waals surface area (Å²) in [6.45, 7) is 8.94. The summed E-state index contributed by atoms with van der Waals surface area (Å²) in [5.41, 5.74) is 0. The van der Waals surface area contributed by atoms with Crippen molar-refractivity contribution < 1.29 is 14.3 Å². The molecule has 0 aromatic heterocycles. The molecule has 0 spiro atoms.